The molecule has 5 rings (SSSR count). The second-order valence-corrected chi connectivity index (χ2v) is 9.33. The molecule has 4 heteroatoms. The van der Waals surface area contributed by atoms with Gasteiger partial charge in [0, 0.05) is 35.2 Å². The Kier molecular flexibility index (Phi) is 5.76. The van der Waals surface area contributed by atoms with Gasteiger partial charge in [0.15, 0.2) is 5.78 Å². The molecular formula is C29H29NO3. The maximum atomic E-state index is 13.7. The van der Waals surface area contributed by atoms with E-state index in [1.807, 2.05) is 50.2 Å². The van der Waals surface area contributed by atoms with Crippen LogP contribution in [0.4, 0.5) is 0 Å². The molecule has 0 aliphatic heterocycles. The van der Waals surface area contributed by atoms with Crippen LogP contribution >= 0.6 is 0 Å². The lowest BCUT2D eigenvalue weighted by Crippen LogP contribution is -2.30. The third-order valence-electron chi connectivity index (χ3n) is 6.64. The molecule has 0 unspecified atom stereocenters. The fourth-order valence-electron chi connectivity index (χ4n) is 4.83. The Bertz CT molecular complexity index is 1330. The molecule has 1 aliphatic carbocycles. The first-order valence-electron chi connectivity index (χ1n) is 11.9. The van der Waals surface area contributed by atoms with E-state index < -0.39 is 0 Å². The van der Waals surface area contributed by atoms with Crippen LogP contribution in [0.5, 0.6) is 0 Å². The molecule has 168 valence electrons. The first-order chi connectivity index (χ1) is 16.0. The zero-order valence-electron chi connectivity index (χ0n) is 19.2. The number of ketones is 1. The summed E-state index contributed by atoms with van der Waals surface area (Å²) in [5.41, 5.74) is 3.27. The number of hydrogen-bond acceptors (Lipinski definition) is 3. The maximum Gasteiger partial charge on any atom is 0.220 e. The molecular weight excluding hydrogens is 410 g/mol. The van der Waals surface area contributed by atoms with E-state index in [9.17, 15) is 9.59 Å². The molecule has 1 heterocycles. The molecule has 4 aromatic rings. The number of furan rings is 1. The average molecular weight is 440 g/mol. The predicted octanol–water partition coefficient (Wildman–Crippen LogP) is 6.54. The van der Waals surface area contributed by atoms with Gasteiger partial charge in [-0.2, -0.15) is 0 Å². The van der Waals surface area contributed by atoms with Crippen molar-refractivity contribution in [2.24, 2.45) is 0 Å². The second kappa shape index (κ2) is 8.86. The van der Waals surface area contributed by atoms with Crippen LogP contribution in [-0.4, -0.2) is 17.7 Å². The third-order valence-corrected chi connectivity index (χ3v) is 6.64. The van der Waals surface area contributed by atoms with Crippen molar-refractivity contribution < 1.29 is 14.0 Å². The van der Waals surface area contributed by atoms with Crippen LogP contribution in [0.25, 0.3) is 21.7 Å². The number of fused-ring (bicyclic) bond motifs is 3. The van der Waals surface area contributed by atoms with Gasteiger partial charge in [-0.15, -0.1) is 0 Å². The van der Waals surface area contributed by atoms with Crippen molar-refractivity contribution in [3.05, 3.63) is 83.1 Å². The molecule has 1 aliphatic rings. The van der Waals surface area contributed by atoms with E-state index in [4.69, 9.17) is 4.42 Å². The maximum absolute atomic E-state index is 13.7. The Labute approximate surface area is 194 Å². The van der Waals surface area contributed by atoms with Gasteiger partial charge in [0.25, 0.3) is 0 Å². The molecule has 1 N–H and O–H groups in total. The lowest BCUT2D eigenvalue weighted by atomic mass is 9.77. The Hall–Kier alpha value is -3.40. The summed E-state index contributed by atoms with van der Waals surface area (Å²) in [6.45, 7) is 3.88. The molecule has 3 aromatic carbocycles. The van der Waals surface area contributed by atoms with Gasteiger partial charge in [-0.25, -0.2) is 0 Å². The highest BCUT2D eigenvalue weighted by Gasteiger charge is 2.28. The van der Waals surface area contributed by atoms with Crippen molar-refractivity contribution >= 4 is 33.4 Å². The zero-order chi connectivity index (χ0) is 22.9. The van der Waals surface area contributed by atoms with Crippen molar-refractivity contribution in [1.82, 2.24) is 5.32 Å². The van der Waals surface area contributed by atoms with Gasteiger partial charge in [0.1, 0.15) is 11.3 Å². The van der Waals surface area contributed by atoms with Gasteiger partial charge in [0.2, 0.25) is 5.91 Å². The van der Waals surface area contributed by atoms with Crippen LogP contribution in [0.3, 0.4) is 0 Å². The van der Waals surface area contributed by atoms with Crippen LogP contribution in [-0.2, 0) is 11.2 Å². The van der Waals surface area contributed by atoms with Crippen molar-refractivity contribution in [2.45, 2.75) is 57.9 Å². The molecule has 1 amide bonds. The quantitative estimate of drug-likeness (QED) is 0.333. The van der Waals surface area contributed by atoms with Gasteiger partial charge in [-0.05, 0) is 49.6 Å². The first kappa shape index (κ1) is 21.4. The van der Waals surface area contributed by atoms with Crippen molar-refractivity contribution in [3.8, 4) is 0 Å². The summed E-state index contributed by atoms with van der Waals surface area (Å²) in [5.74, 6) is 1.02. The summed E-state index contributed by atoms with van der Waals surface area (Å²) >= 11 is 0. The van der Waals surface area contributed by atoms with E-state index in [2.05, 4.69) is 29.6 Å². The SMILES string of the molecule is CC(C)NC(=O)CCc1oc2c(cc(C3CCC3)c3ccccc32)c1C(=O)c1ccccc1. The molecule has 4 nitrogen and oxygen atoms in total. The molecule has 0 bridgehead atoms. The van der Waals surface area contributed by atoms with Crippen LogP contribution in [0.15, 0.2) is 65.1 Å². The normalized spacial score (nSPS) is 14.0. The lowest BCUT2D eigenvalue weighted by Gasteiger charge is -2.27. The zero-order valence-corrected chi connectivity index (χ0v) is 19.2. The van der Waals surface area contributed by atoms with E-state index in [0.717, 1.165) is 16.4 Å². The van der Waals surface area contributed by atoms with Crippen LogP contribution in [0.1, 0.15) is 72.7 Å². The van der Waals surface area contributed by atoms with E-state index >= 15 is 0 Å². The van der Waals surface area contributed by atoms with E-state index in [1.165, 1.54) is 30.2 Å². The Balaban J connectivity index is 1.68. The number of benzene rings is 3. The number of nitrogens with one attached hydrogen (secondary N) is 1. The van der Waals surface area contributed by atoms with Crippen LogP contribution in [0.2, 0.25) is 0 Å². The molecule has 33 heavy (non-hydrogen) atoms. The Morgan fingerprint density at radius 1 is 0.970 bits per heavy atom. The van der Waals surface area contributed by atoms with E-state index in [-0.39, 0.29) is 24.2 Å². The number of amides is 1. The van der Waals surface area contributed by atoms with Crippen molar-refractivity contribution in [2.75, 3.05) is 0 Å². The topological polar surface area (TPSA) is 59.3 Å². The molecule has 1 saturated carbocycles. The van der Waals surface area contributed by atoms with E-state index in [0.29, 0.717) is 29.2 Å². The average Bonchev–Trinajstić information content (AvgIpc) is 3.15. The minimum Gasteiger partial charge on any atom is -0.460 e. The number of rotatable bonds is 7. The summed E-state index contributed by atoms with van der Waals surface area (Å²) < 4.78 is 6.40. The van der Waals surface area contributed by atoms with Crippen molar-refractivity contribution in [1.29, 1.82) is 0 Å². The predicted molar refractivity (Wildman–Crippen MR) is 132 cm³/mol. The highest BCUT2D eigenvalue weighted by Crippen LogP contribution is 2.44. The minimum absolute atomic E-state index is 0.0384. The monoisotopic (exact) mass is 439 g/mol. The number of aryl methyl sites for hydroxylation is 1. The molecule has 1 fully saturated rings. The summed E-state index contributed by atoms with van der Waals surface area (Å²) in [4.78, 5) is 26.1. The van der Waals surface area contributed by atoms with Crippen LogP contribution < -0.4 is 5.32 Å². The molecule has 0 saturated heterocycles. The van der Waals surface area contributed by atoms with Gasteiger partial charge in [-0.1, -0.05) is 61.0 Å². The summed E-state index contributed by atoms with van der Waals surface area (Å²) in [6, 6.07) is 19.9. The van der Waals surface area contributed by atoms with Gasteiger partial charge < -0.3 is 9.73 Å². The number of carbonyl (C=O) groups is 2. The fraction of sp³-hybridized carbons (Fsp3) is 0.310. The fourth-order valence-corrected chi connectivity index (χ4v) is 4.83. The smallest absolute Gasteiger partial charge is 0.220 e. The summed E-state index contributed by atoms with van der Waals surface area (Å²) in [6.07, 6.45) is 4.26. The molecule has 0 atom stereocenters. The number of hydrogen-bond donors (Lipinski definition) is 1. The molecule has 0 radical (unpaired) electrons. The lowest BCUT2D eigenvalue weighted by molar-refractivity contribution is -0.121. The standard InChI is InChI=1S/C29H29NO3/c1-18(2)30-26(31)16-15-25-27(28(32)20-9-4-3-5-10-20)24-17-23(19-11-8-12-19)21-13-6-7-14-22(21)29(24)33-25/h3-7,9-10,13-14,17-19H,8,11-12,15-16H2,1-2H3,(H,30,31). The van der Waals surface area contributed by atoms with Gasteiger partial charge >= 0.3 is 0 Å². The van der Waals surface area contributed by atoms with Gasteiger partial charge in [0.05, 0.1) is 5.56 Å². The largest absolute Gasteiger partial charge is 0.460 e. The Morgan fingerprint density at radius 3 is 2.33 bits per heavy atom. The minimum atomic E-state index is -0.0524. The van der Waals surface area contributed by atoms with E-state index in [1.54, 1.807) is 0 Å². The highest BCUT2D eigenvalue weighted by atomic mass is 16.3. The summed E-state index contributed by atoms with van der Waals surface area (Å²) in [5, 5.41) is 6.03. The third kappa shape index (κ3) is 4.06. The summed E-state index contributed by atoms with van der Waals surface area (Å²) in [7, 11) is 0. The number of carbonyl (C=O) groups excluding carboxylic acids is 2. The highest BCUT2D eigenvalue weighted by molar-refractivity contribution is 6.20. The molecule has 0 spiro atoms. The first-order valence-corrected chi connectivity index (χ1v) is 11.9. The van der Waals surface area contributed by atoms with Crippen molar-refractivity contribution in [3.63, 3.8) is 0 Å². The van der Waals surface area contributed by atoms with Gasteiger partial charge in [-0.3, -0.25) is 9.59 Å². The Morgan fingerprint density at radius 2 is 1.67 bits per heavy atom. The second-order valence-electron chi connectivity index (χ2n) is 9.33. The van der Waals surface area contributed by atoms with Crippen LogP contribution in [0, 0.1) is 0 Å². The molecule has 1 aromatic heterocycles.